The second-order valence-electron chi connectivity index (χ2n) is 5.67. The molecule has 0 fully saturated rings. The maximum absolute atomic E-state index is 11.7. The van der Waals surface area contributed by atoms with Gasteiger partial charge in [0.05, 0.1) is 19.2 Å². The van der Waals surface area contributed by atoms with Gasteiger partial charge in [0.25, 0.3) is 0 Å². The Morgan fingerprint density at radius 3 is 2.04 bits per heavy atom. The Labute approximate surface area is 149 Å². The van der Waals surface area contributed by atoms with Crippen molar-refractivity contribution in [3.63, 3.8) is 0 Å². The van der Waals surface area contributed by atoms with Crippen LogP contribution in [0.25, 0.3) is 0 Å². The lowest BCUT2D eigenvalue weighted by Gasteiger charge is -2.16. The highest BCUT2D eigenvalue weighted by molar-refractivity contribution is 6.13. The smallest absolute Gasteiger partial charge is 0.310 e. The van der Waals surface area contributed by atoms with Crippen molar-refractivity contribution in [3.05, 3.63) is 71.8 Å². The van der Waals surface area contributed by atoms with Crippen LogP contribution in [0.5, 0.6) is 0 Å². The number of methoxy groups -OCH3 is 1. The predicted molar refractivity (Wildman–Crippen MR) is 99.8 cm³/mol. The summed E-state index contributed by atoms with van der Waals surface area (Å²) in [6.45, 7) is 2.67. The summed E-state index contributed by atoms with van der Waals surface area (Å²) < 4.78 is 10.6. The molecule has 0 saturated carbocycles. The van der Waals surface area contributed by atoms with E-state index in [0.717, 1.165) is 29.7 Å². The molecule has 0 aliphatic heterocycles. The molecular weight excluding hydrogens is 314 g/mol. The molecule has 0 bridgehead atoms. The highest BCUT2D eigenvalue weighted by atomic mass is 16.5. The fourth-order valence-electron chi connectivity index (χ4n) is 2.38. The van der Waals surface area contributed by atoms with Crippen molar-refractivity contribution in [1.29, 1.82) is 0 Å². The topological polar surface area (TPSA) is 47.9 Å². The maximum atomic E-state index is 11.7. The van der Waals surface area contributed by atoms with Crippen molar-refractivity contribution in [2.24, 2.45) is 4.99 Å². The van der Waals surface area contributed by atoms with Gasteiger partial charge in [-0.2, -0.15) is 0 Å². The third-order valence-corrected chi connectivity index (χ3v) is 3.74. The molecule has 132 valence electrons. The van der Waals surface area contributed by atoms with Crippen LogP contribution < -0.4 is 0 Å². The van der Waals surface area contributed by atoms with Crippen molar-refractivity contribution in [2.45, 2.75) is 32.4 Å². The summed E-state index contributed by atoms with van der Waals surface area (Å²) >= 11 is 0. The predicted octanol–water partition coefficient (Wildman–Crippen LogP) is 4.23. The van der Waals surface area contributed by atoms with E-state index in [1.165, 1.54) is 7.11 Å². The van der Waals surface area contributed by atoms with Gasteiger partial charge in [-0.15, -0.1) is 0 Å². The first-order chi connectivity index (χ1) is 12.2. The zero-order valence-electron chi connectivity index (χ0n) is 14.9. The van der Waals surface area contributed by atoms with E-state index >= 15 is 0 Å². The van der Waals surface area contributed by atoms with E-state index in [9.17, 15) is 4.79 Å². The highest BCUT2D eigenvalue weighted by Gasteiger charge is 2.16. The average Bonchev–Trinajstić information content (AvgIpc) is 2.67. The zero-order valence-corrected chi connectivity index (χ0v) is 14.9. The molecule has 4 nitrogen and oxygen atoms in total. The molecule has 0 aromatic heterocycles. The summed E-state index contributed by atoms with van der Waals surface area (Å²) in [4.78, 5) is 16.5. The summed E-state index contributed by atoms with van der Waals surface area (Å²) in [5.41, 5.74) is 2.79. The molecule has 0 aliphatic rings. The monoisotopic (exact) mass is 339 g/mol. The van der Waals surface area contributed by atoms with Gasteiger partial charge < -0.3 is 9.47 Å². The van der Waals surface area contributed by atoms with E-state index in [4.69, 9.17) is 14.5 Å². The molecular formula is C21H25NO3. The molecule has 0 aliphatic carbocycles. The number of esters is 1. The Hall–Kier alpha value is -2.46. The Balaban J connectivity index is 2.35. The van der Waals surface area contributed by atoms with Crippen LogP contribution in [0, 0.1) is 0 Å². The maximum Gasteiger partial charge on any atom is 0.310 e. The van der Waals surface area contributed by atoms with Crippen LogP contribution in [-0.2, 0) is 14.3 Å². The molecule has 2 aromatic rings. The molecule has 2 rings (SSSR count). The Morgan fingerprint density at radius 2 is 1.56 bits per heavy atom. The summed E-state index contributed by atoms with van der Waals surface area (Å²) in [6, 6.07) is 19.9. The normalized spacial score (nSPS) is 11.6. The van der Waals surface area contributed by atoms with Crippen LogP contribution >= 0.6 is 0 Å². The average molecular weight is 339 g/mol. The largest absolute Gasteiger partial charge is 0.469 e. The van der Waals surface area contributed by atoms with E-state index in [0.29, 0.717) is 6.61 Å². The molecule has 1 atom stereocenters. The first-order valence-electron chi connectivity index (χ1n) is 8.61. The quantitative estimate of drug-likeness (QED) is 0.390. The molecule has 0 N–H and O–H groups in total. The van der Waals surface area contributed by atoms with Crippen LogP contribution in [0.15, 0.2) is 65.7 Å². The molecule has 25 heavy (non-hydrogen) atoms. The van der Waals surface area contributed by atoms with Gasteiger partial charge in [-0.1, -0.05) is 74.0 Å². The van der Waals surface area contributed by atoms with Crippen LogP contribution in [0.2, 0.25) is 0 Å². The SMILES string of the molecule is CCCCOC(CC(=O)OC)N=C(c1ccccc1)c1ccccc1. The fourth-order valence-corrected chi connectivity index (χ4v) is 2.38. The van der Waals surface area contributed by atoms with Gasteiger partial charge in [-0.25, -0.2) is 0 Å². The van der Waals surface area contributed by atoms with Gasteiger partial charge in [-0.05, 0) is 6.42 Å². The van der Waals surface area contributed by atoms with Gasteiger partial charge in [0, 0.05) is 17.7 Å². The molecule has 0 saturated heterocycles. The molecule has 0 heterocycles. The zero-order chi connectivity index (χ0) is 17.9. The first kappa shape index (κ1) is 18.9. The molecule has 1 unspecified atom stereocenters. The van der Waals surface area contributed by atoms with Crippen LogP contribution in [-0.4, -0.2) is 31.6 Å². The van der Waals surface area contributed by atoms with Crippen molar-refractivity contribution in [2.75, 3.05) is 13.7 Å². The summed E-state index contributed by atoms with van der Waals surface area (Å²) in [7, 11) is 1.38. The lowest BCUT2D eigenvalue weighted by molar-refractivity contribution is -0.143. The standard InChI is InChI=1S/C21H25NO3/c1-3-4-15-25-19(16-20(23)24-2)22-21(17-11-7-5-8-12-17)18-13-9-6-10-14-18/h5-14,19H,3-4,15-16H2,1-2H3. The lowest BCUT2D eigenvalue weighted by atomic mass is 10.0. The third kappa shape index (κ3) is 6.16. The summed E-state index contributed by atoms with van der Waals surface area (Å²) in [5, 5.41) is 0. The Bertz CT molecular complexity index is 627. The van der Waals surface area contributed by atoms with E-state index in [-0.39, 0.29) is 12.4 Å². The van der Waals surface area contributed by atoms with Gasteiger partial charge in [0.2, 0.25) is 0 Å². The number of unbranched alkanes of at least 4 members (excludes halogenated alkanes) is 1. The fraction of sp³-hybridized carbons (Fsp3) is 0.333. The number of hydrogen-bond donors (Lipinski definition) is 0. The lowest BCUT2D eigenvalue weighted by Crippen LogP contribution is -2.20. The second kappa shape index (κ2) is 10.4. The molecule has 0 spiro atoms. The number of nitrogens with zero attached hydrogens (tertiary/aromatic N) is 1. The number of carbonyl (C=O) groups excluding carboxylic acids is 1. The number of rotatable bonds is 9. The minimum atomic E-state index is -0.561. The summed E-state index contributed by atoms with van der Waals surface area (Å²) in [5.74, 6) is -0.328. The number of aliphatic imine (C=N–C) groups is 1. The van der Waals surface area contributed by atoms with E-state index in [1.807, 2.05) is 60.7 Å². The van der Waals surface area contributed by atoms with Crippen molar-refractivity contribution in [3.8, 4) is 0 Å². The van der Waals surface area contributed by atoms with Gasteiger partial charge in [0.15, 0.2) is 6.23 Å². The van der Waals surface area contributed by atoms with Crippen molar-refractivity contribution >= 4 is 11.7 Å². The van der Waals surface area contributed by atoms with Crippen molar-refractivity contribution in [1.82, 2.24) is 0 Å². The Kier molecular flexibility index (Phi) is 7.86. The summed E-state index contributed by atoms with van der Waals surface area (Å²) in [6.07, 6.45) is 1.50. The van der Waals surface area contributed by atoms with E-state index in [2.05, 4.69) is 6.92 Å². The number of carbonyl (C=O) groups is 1. The first-order valence-corrected chi connectivity index (χ1v) is 8.61. The van der Waals surface area contributed by atoms with Crippen LogP contribution in [0.4, 0.5) is 0 Å². The van der Waals surface area contributed by atoms with Gasteiger partial charge in [-0.3, -0.25) is 9.79 Å². The highest BCUT2D eigenvalue weighted by Crippen LogP contribution is 2.14. The van der Waals surface area contributed by atoms with Crippen molar-refractivity contribution < 1.29 is 14.3 Å². The molecule has 2 aromatic carbocycles. The Morgan fingerprint density at radius 1 is 1.00 bits per heavy atom. The van der Waals surface area contributed by atoms with Gasteiger partial charge >= 0.3 is 5.97 Å². The van der Waals surface area contributed by atoms with E-state index in [1.54, 1.807) is 0 Å². The number of benzene rings is 2. The number of hydrogen-bond acceptors (Lipinski definition) is 4. The van der Waals surface area contributed by atoms with Crippen LogP contribution in [0.3, 0.4) is 0 Å². The van der Waals surface area contributed by atoms with E-state index < -0.39 is 6.23 Å². The molecule has 0 amide bonds. The molecule has 4 heteroatoms. The second-order valence-corrected chi connectivity index (χ2v) is 5.67. The number of ether oxygens (including phenoxy) is 2. The van der Waals surface area contributed by atoms with Crippen LogP contribution in [0.1, 0.15) is 37.3 Å². The molecule has 0 radical (unpaired) electrons. The van der Waals surface area contributed by atoms with Gasteiger partial charge in [0.1, 0.15) is 0 Å². The minimum Gasteiger partial charge on any atom is -0.469 e. The minimum absolute atomic E-state index is 0.101. The third-order valence-electron chi connectivity index (χ3n) is 3.74.